The van der Waals surface area contributed by atoms with E-state index >= 15 is 0 Å². The summed E-state index contributed by atoms with van der Waals surface area (Å²) >= 11 is 0. The van der Waals surface area contributed by atoms with E-state index in [4.69, 9.17) is 18.9 Å². The normalized spacial score (nSPS) is 46.5. The molecule has 7 rings (SSSR count). The van der Waals surface area contributed by atoms with Gasteiger partial charge in [-0.15, -0.1) is 0 Å². The van der Waals surface area contributed by atoms with Gasteiger partial charge in [0.25, 0.3) is 0 Å². The number of carbonyl (C=O) groups is 4. The molecule has 7 fully saturated rings. The third-order valence-electron chi connectivity index (χ3n) is 8.42. The predicted octanol–water partition coefficient (Wildman–Crippen LogP) is -0.679. The van der Waals surface area contributed by atoms with Gasteiger partial charge in [0.1, 0.15) is 36.4 Å². The van der Waals surface area contributed by atoms with Crippen molar-refractivity contribution < 1.29 is 51.1 Å². The van der Waals surface area contributed by atoms with E-state index in [0.29, 0.717) is 25.2 Å². The predicted molar refractivity (Wildman–Crippen MR) is 102 cm³/mol. The van der Waals surface area contributed by atoms with Gasteiger partial charge in [0.15, 0.2) is 12.2 Å². The number of hydrogen-bond acceptors (Lipinski definition) is 11. The van der Waals surface area contributed by atoms with Crippen molar-refractivity contribution in [2.75, 3.05) is 12.4 Å². The summed E-state index contributed by atoms with van der Waals surface area (Å²) in [4.78, 5) is 50.9. The van der Waals surface area contributed by atoms with Crippen LogP contribution in [-0.4, -0.2) is 73.4 Å². The average Bonchev–Trinajstić information content (AvgIpc) is 3.34. The van der Waals surface area contributed by atoms with Crippen LogP contribution in [0, 0.1) is 35.0 Å². The zero-order valence-electron chi connectivity index (χ0n) is 17.5. The Kier molecular flexibility index (Phi) is 4.55. The fourth-order valence-corrected chi connectivity index (χ4v) is 7.61. The van der Waals surface area contributed by atoms with Crippen LogP contribution in [0.15, 0.2) is 0 Å². The first-order chi connectivity index (χ1) is 15.6. The maximum atomic E-state index is 13.4. The maximum absolute atomic E-state index is 13.4. The molecule has 6 bridgehead atoms. The highest BCUT2D eigenvalue weighted by molar-refractivity contribution is 7.85. The molecule has 0 aromatic heterocycles. The van der Waals surface area contributed by atoms with Gasteiger partial charge in [-0.2, -0.15) is 0 Å². The van der Waals surface area contributed by atoms with E-state index in [0.717, 1.165) is 12.8 Å². The van der Waals surface area contributed by atoms with Crippen LogP contribution in [0.1, 0.15) is 32.1 Å². The first kappa shape index (κ1) is 21.5. The summed E-state index contributed by atoms with van der Waals surface area (Å²) in [5, 5.41) is 0. The van der Waals surface area contributed by atoms with Crippen LogP contribution in [0.5, 0.6) is 0 Å². The Morgan fingerprint density at radius 3 is 2.42 bits per heavy atom. The van der Waals surface area contributed by atoms with Gasteiger partial charge in [0.2, 0.25) is 0 Å². The smallest absolute Gasteiger partial charge is 0.313 e. The Morgan fingerprint density at radius 1 is 1.06 bits per heavy atom. The molecule has 4 aliphatic carbocycles. The molecular weight excluding hydrogens is 460 g/mol. The second-order valence-electron chi connectivity index (χ2n) is 10.3. The molecule has 180 valence electrons. The summed E-state index contributed by atoms with van der Waals surface area (Å²) in [7, 11) is -4.57. The maximum Gasteiger partial charge on any atom is 0.313 e. The highest BCUT2D eigenvalue weighted by Gasteiger charge is 2.72. The van der Waals surface area contributed by atoms with Crippen molar-refractivity contribution in [2.24, 2.45) is 35.0 Å². The number of ketones is 1. The summed E-state index contributed by atoms with van der Waals surface area (Å²) < 4.78 is 54.3. The molecule has 8 unspecified atom stereocenters. The van der Waals surface area contributed by atoms with Crippen molar-refractivity contribution in [3.05, 3.63) is 0 Å². The Morgan fingerprint density at radius 2 is 1.76 bits per heavy atom. The molecular formula is C21H23O11S-. The summed E-state index contributed by atoms with van der Waals surface area (Å²) in [6.07, 6.45) is -0.328. The number of Topliss-reactive ketones (excluding diaryl/α,β-unsaturated/α-hetero) is 1. The summed E-state index contributed by atoms with van der Waals surface area (Å²) in [5.41, 5.74) is -0.743. The lowest BCUT2D eigenvalue weighted by Crippen LogP contribution is -2.56. The zero-order valence-corrected chi connectivity index (χ0v) is 18.4. The molecule has 0 aromatic rings. The number of esters is 3. The highest BCUT2D eigenvalue weighted by Crippen LogP contribution is 2.60. The fraction of sp³-hybridized carbons (Fsp3) is 0.810. The molecule has 12 heteroatoms. The third-order valence-corrected chi connectivity index (χ3v) is 9.09. The molecule has 3 saturated heterocycles. The molecule has 8 atom stereocenters. The van der Waals surface area contributed by atoms with Gasteiger partial charge in [-0.25, -0.2) is 8.42 Å². The lowest BCUT2D eigenvalue weighted by molar-refractivity contribution is -0.187. The lowest BCUT2D eigenvalue weighted by atomic mass is 9.49. The standard InChI is InChI=1S/C21H24O11S/c22-13-9-3-8-4-10(13)7-21(5-8,6-9)20(25)32-17-14-11(18(23)29-1-2-33(26,27)28)12-15(30-14)16(17)31-19(12)24/h8-12,14-17H,1-7H2,(H,26,27,28)/p-1. The van der Waals surface area contributed by atoms with Crippen LogP contribution in [0.3, 0.4) is 0 Å². The van der Waals surface area contributed by atoms with E-state index in [2.05, 4.69) is 0 Å². The van der Waals surface area contributed by atoms with Crippen LogP contribution >= 0.6 is 0 Å². The summed E-state index contributed by atoms with van der Waals surface area (Å²) in [6, 6.07) is 0. The topological polar surface area (TPSA) is 162 Å². The fourth-order valence-electron chi connectivity index (χ4n) is 7.33. The minimum atomic E-state index is -4.57. The van der Waals surface area contributed by atoms with Gasteiger partial charge >= 0.3 is 17.9 Å². The third kappa shape index (κ3) is 3.17. The largest absolute Gasteiger partial charge is 0.748 e. The molecule has 11 nitrogen and oxygen atoms in total. The van der Waals surface area contributed by atoms with Crippen LogP contribution < -0.4 is 0 Å². The van der Waals surface area contributed by atoms with E-state index in [1.165, 1.54) is 0 Å². The molecule has 3 heterocycles. The molecule has 3 aliphatic heterocycles. The van der Waals surface area contributed by atoms with Gasteiger partial charge in [-0.05, 0) is 38.0 Å². The Balaban J connectivity index is 1.19. The van der Waals surface area contributed by atoms with Crippen molar-refractivity contribution in [1.82, 2.24) is 0 Å². The van der Waals surface area contributed by atoms with Crippen LogP contribution in [0.25, 0.3) is 0 Å². The first-order valence-corrected chi connectivity index (χ1v) is 12.8. The minimum absolute atomic E-state index is 0.117. The monoisotopic (exact) mass is 483 g/mol. The van der Waals surface area contributed by atoms with E-state index in [1.54, 1.807) is 0 Å². The molecule has 0 N–H and O–H groups in total. The van der Waals surface area contributed by atoms with Crippen LogP contribution in [-0.2, 0) is 48.2 Å². The van der Waals surface area contributed by atoms with Gasteiger partial charge in [-0.1, -0.05) is 0 Å². The molecule has 4 saturated carbocycles. The molecule has 33 heavy (non-hydrogen) atoms. The molecule has 0 spiro atoms. The number of carbonyl (C=O) groups excluding carboxylic acids is 4. The van der Waals surface area contributed by atoms with Crippen LogP contribution in [0.2, 0.25) is 0 Å². The Labute approximate surface area is 189 Å². The molecule has 7 aliphatic rings. The second-order valence-corrected chi connectivity index (χ2v) is 11.9. The van der Waals surface area contributed by atoms with Gasteiger partial charge < -0.3 is 23.5 Å². The molecule has 0 aromatic carbocycles. The van der Waals surface area contributed by atoms with E-state index in [9.17, 15) is 32.1 Å². The van der Waals surface area contributed by atoms with Crippen LogP contribution in [0.4, 0.5) is 0 Å². The van der Waals surface area contributed by atoms with Gasteiger partial charge in [-0.3, -0.25) is 19.2 Å². The van der Waals surface area contributed by atoms with E-state index in [-0.39, 0.29) is 17.6 Å². The SMILES string of the molecule is O=C1C2CC3CC1CC(C(=O)OC1C4OC(=O)C5C4OC1C5C(=O)OCCS(=O)(=O)[O-])(C3)C2. The van der Waals surface area contributed by atoms with Crippen molar-refractivity contribution >= 4 is 33.8 Å². The van der Waals surface area contributed by atoms with E-state index in [1.807, 2.05) is 0 Å². The van der Waals surface area contributed by atoms with Crippen molar-refractivity contribution in [3.8, 4) is 0 Å². The summed E-state index contributed by atoms with van der Waals surface area (Å²) in [6.45, 7) is -0.643. The highest BCUT2D eigenvalue weighted by atomic mass is 32.2. The van der Waals surface area contributed by atoms with Crippen molar-refractivity contribution in [2.45, 2.75) is 56.5 Å². The van der Waals surface area contributed by atoms with Gasteiger partial charge in [0.05, 0.1) is 21.3 Å². The molecule has 0 amide bonds. The second kappa shape index (κ2) is 6.98. The first-order valence-electron chi connectivity index (χ1n) is 11.3. The average molecular weight is 483 g/mol. The number of hydrogen-bond donors (Lipinski definition) is 0. The minimum Gasteiger partial charge on any atom is -0.748 e. The Bertz CT molecular complexity index is 1030. The summed E-state index contributed by atoms with van der Waals surface area (Å²) in [5.74, 6) is -4.61. The number of ether oxygens (including phenoxy) is 4. The van der Waals surface area contributed by atoms with Crippen molar-refractivity contribution in [1.29, 1.82) is 0 Å². The van der Waals surface area contributed by atoms with Gasteiger partial charge in [0, 0.05) is 11.8 Å². The zero-order chi connectivity index (χ0) is 23.3. The van der Waals surface area contributed by atoms with E-state index < -0.39 is 82.1 Å². The Hall–Kier alpha value is -2.05. The molecule has 0 radical (unpaired) electrons. The quantitative estimate of drug-likeness (QED) is 0.267. The lowest BCUT2D eigenvalue weighted by Gasteiger charge is -2.54. The number of rotatable bonds is 6. The number of fused-ring (bicyclic) bond motifs is 1. The van der Waals surface area contributed by atoms with Crippen molar-refractivity contribution in [3.63, 3.8) is 0 Å².